The van der Waals surface area contributed by atoms with E-state index in [4.69, 9.17) is 10.5 Å². The first kappa shape index (κ1) is 22.5. The van der Waals surface area contributed by atoms with Crippen LogP contribution in [-0.2, 0) is 16.1 Å². The Kier molecular flexibility index (Phi) is 9.93. The van der Waals surface area contributed by atoms with Gasteiger partial charge in [0.15, 0.2) is 0 Å². The van der Waals surface area contributed by atoms with Crippen molar-refractivity contribution in [2.24, 2.45) is 5.73 Å². The largest absolute Gasteiger partial charge is 0.494 e. The van der Waals surface area contributed by atoms with Crippen LogP contribution >= 0.6 is 12.4 Å². The molecule has 0 saturated carbocycles. The SMILES string of the molecule is Cc1ccc(OCCCC(=O)Nc2ccc(CNC(=O)CN)cc2)cc1.Cl. The summed E-state index contributed by atoms with van der Waals surface area (Å²) < 4.78 is 5.61. The molecular weight excluding hydrogens is 366 g/mol. The van der Waals surface area contributed by atoms with E-state index in [9.17, 15) is 9.59 Å². The average molecular weight is 392 g/mol. The number of carbonyl (C=O) groups excluding carboxylic acids is 2. The van der Waals surface area contributed by atoms with E-state index in [1.165, 1.54) is 5.56 Å². The molecule has 0 aliphatic rings. The van der Waals surface area contributed by atoms with Gasteiger partial charge >= 0.3 is 0 Å². The van der Waals surface area contributed by atoms with Gasteiger partial charge in [-0.05, 0) is 43.2 Å². The molecular formula is C20H26ClN3O3. The zero-order valence-corrected chi connectivity index (χ0v) is 16.2. The Morgan fingerprint density at radius 3 is 2.30 bits per heavy atom. The van der Waals surface area contributed by atoms with Gasteiger partial charge in [-0.2, -0.15) is 0 Å². The van der Waals surface area contributed by atoms with Gasteiger partial charge in [0.05, 0.1) is 13.2 Å². The number of carbonyl (C=O) groups is 2. The number of rotatable bonds is 9. The van der Waals surface area contributed by atoms with Gasteiger partial charge in [0.25, 0.3) is 0 Å². The van der Waals surface area contributed by atoms with Gasteiger partial charge in [0.2, 0.25) is 11.8 Å². The van der Waals surface area contributed by atoms with E-state index in [2.05, 4.69) is 10.6 Å². The van der Waals surface area contributed by atoms with Gasteiger partial charge in [0.1, 0.15) is 5.75 Å². The van der Waals surface area contributed by atoms with Crippen molar-refractivity contribution in [1.82, 2.24) is 5.32 Å². The predicted octanol–water partition coefficient (Wildman–Crippen LogP) is 2.79. The lowest BCUT2D eigenvalue weighted by atomic mass is 10.2. The number of nitrogens with two attached hydrogens (primary N) is 1. The fourth-order valence-corrected chi connectivity index (χ4v) is 2.26. The molecule has 2 rings (SSSR count). The van der Waals surface area contributed by atoms with E-state index in [-0.39, 0.29) is 30.8 Å². The number of hydrogen-bond acceptors (Lipinski definition) is 4. The first-order valence-electron chi connectivity index (χ1n) is 8.62. The molecule has 2 aromatic rings. The lowest BCUT2D eigenvalue weighted by Crippen LogP contribution is -2.29. The molecule has 0 radical (unpaired) electrons. The van der Waals surface area contributed by atoms with E-state index >= 15 is 0 Å². The molecule has 6 nitrogen and oxygen atoms in total. The molecule has 0 atom stereocenters. The standard InChI is InChI=1S/C20H25N3O3.ClH/c1-15-4-10-18(11-5-15)26-12-2-3-19(24)23-17-8-6-16(7-9-17)14-22-20(25)13-21;/h4-11H,2-3,12-14,21H2,1H3,(H,22,25)(H,23,24);1H. The quantitative estimate of drug-likeness (QED) is 0.573. The lowest BCUT2D eigenvalue weighted by molar-refractivity contribution is -0.120. The minimum atomic E-state index is -0.199. The van der Waals surface area contributed by atoms with Gasteiger partial charge in [-0.3, -0.25) is 9.59 Å². The van der Waals surface area contributed by atoms with Crippen LogP contribution in [0.1, 0.15) is 24.0 Å². The van der Waals surface area contributed by atoms with Crippen LogP contribution in [0.25, 0.3) is 0 Å². The van der Waals surface area contributed by atoms with Crippen LogP contribution in [0.2, 0.25) is 0 Å². The topological polar surface area (TPSA) is 93.5 Å². The molecule has 0 fully saturated rings. The van der Waals surface area contributed by atoms with E-state index in [1.54, 1.807) is 0 Å². The Labute approximate surface area is 165 Å². The number of amides is 2. The van der Waals surface area contributed by atoms with Crippen molar-refractivity contribution in [3.63, 3.8) is 0 Å². The van der Waals surface area contributed by atoms with Gasteiger partial charge in [0, 0.05) is 18.7 Å². The summed E-state index contributed by atoms with van der Waals surface area (Å²) in [4.78, 5) is 23.1. The minimum absolute atomic E-state index is 0. The van der Waals surface area contributed by atoms with Gasteiger partial charge in [-0.25, -0.2) is 0 Å². The first-order chi connectivity index (χ1) is 12.6. The van der Waals surface area contributed by atoms with Gasteiger partial charge in [-0.15, -0.1) is 12.4 Å². The van der Waals surface area contributed by atoms with Crippen molar-refractivity contribution in [3.8, 4) is 5.75 Å². The highest BCUT2D eigenvalue weighted by atomic mass is 35.5. The minimum Gasteiger partial charge on any atom is -0.494 e. The monoisotopic (exact) mass is 391 g/mol. The molecule has 2 aromatic carbocycles. The molecule has 0 aromatic heterocycles. The Bertz CT molecular complexity index is 718. The molecule has 2 amide bonds. The molecule has 0 aliphatic heterocycles. The summed E-state index contributed by atoms with van der Waals surface area (Å²) >= 11 is 0. The van der Waals surface area contributed by atoms with Crippen LogP contribution < -0.4 is 21.1 Å². The highest BCUT2D eigenvalue weighted by molar-refractivity contribution is 5.90. The van der Waals surface area contributed by atoms with E-state index in [0.717, 1.165) is 17.0 Å². The van der Waals surface area contributed by atoms with Crippen molar-refractivity contribution < 1.29 is 14.3 Å². The fraction of sp³-hybridized carbons (Fsp3) is 0.300. The Morgan fingerprint density at radius 2 is 1.67 bits per heavy atom. The molecule has 7 heteroatoms. The summed E-state index contributed by atoms with van der Waals surface area (Å²) in [5, 5.41) is 5.54. The van der Waals surface area contributed by atoms with Crippen molar-refractivity contribution in [1.29, 1.82) is 0 Å². The third-order valence-corrected chi connectivity index (χ3v) is 3.75. The van der Waals surface area contributed by atoms with Crippen molar-refractivity contribution in [2.75, 3.05) is 18.5 Å². The van der Waals surface area contributed by atoms with Gasteiger partial charge < -0.3 is 21.1 Å². The highest BCUT2D eigenvalue weighted by Crippen LogP contribution is 2.13. The summed E-state index contributed by atoms with van der Waals surface area (Å²) in [6.07, 6.45) is 1.03. The van der Waals surface area contributed by atoms with Crippen LogP contribution in [0, 0.1) is 6.92 Å². The van der Waals surface area contributed by atoms with Gasteiger partial charge in [-0.1, -0.05) is 29.8 Å². The van der Waals surface area contributed by atoms with E-state index in [0.29, 0.717) is 26.0 Å². The maximum Gasteiger partial charge on any atom is 0.234 e. The smallest absolute Gasteiger partial charge is 0.234 e. The third kappa shape index (κ3) is 8.57. The summed E-state index contributed by atoms with van der Waals surface area (Å²) in [5.41, 5.74) is 8.09. The maximum atomic E-state index is 12.0. The van der Waals surface area contributed by atoms with Crippen LogP contribution in [0.3, 0.4) is 0 Å². The predicted molar refractivity (Wildman–Crippen MR) is 109 cm³/mol. The summed E-state index contributed by atoms with van der Waals surface area (Å²) in [6.45, 7) is 2.91. The Morgan fingerprint density at radius 1 is 1.00 bits per heavy atom. The number of hydrogen-bond donors (Lipinski definition) is 3. The van der Waals surface area contributed by atoms with Crippen LogP contribution in [0.4, 0.5) is 5.69 Å². The zero-order chi connectivity index (χ0) is 18.8. The van der Waals surface area contributed by atoms with Crippen LogP contribution in [0.5, 0.6) is 5.75 Å². The molecule has 0 spiro atoms. The zero-order valence-electron chi connectivity index (χ0n) is 15.4. The highest BCUT2D eigenvalue weighted by Gasteiger charge is 2.04. The second kappa shape index (κ2) is 11.9. The molecule has 0 saturated heterocycles. The molecule has 146 valence electrons. The summed E-state index contributed by atoms with van der Waals surface area (Å²) in [7, 11) is 0. The molecule has 0 bridgehead atoms. The number of ether oxygens (including phenoxy) is 1. The molecule has 0 unspecified atom stereocenters. The summed E-state index contributed by atoms with van der Waals surface area (Å²) in [6, 6.07) is 15.2. The van der Waals surface area contributed by atoms with Crippen molar-refractivity contribution in [2.45, 2.75) is 26.3 Å². The van der Waals surface area contributed by atoms with Crippen molar-refractivity contribution >= 4 is 29.9 Å². The first-order valence-corrected chi connectivity index (χ1v) is 8.62. The average Bonchev–Trinajstić information content (AvgIpc) is 2.66. The van der Waals surface area contributed by atoms with Crippen molar-refractivity contribution in [3.05, 3.63) is 59.7 Å². The third-order valence-electron chi connectivity index (χ3n) is 3.75. The second-order valence-electron chi connectivity index (χ2n) is 5.99. The number of aryl methyl sites for hydroxylation is 1. The number of nitrogens with one attached hydrogen (secondary N) is 2. The second-order valence-corrected chi connectivity index (χ2v) is 5.99. The lowest BCUT2D eigenvalue weighted by Gasteiger charge is -2.08. The molecule has 0 aliphatic carbocycles. The Hall–Kier alpha value is -2.57. The summed E-state index contributed by atoms with van der Waals surface area (Å²) in [5.74, 6) is 0.560. The van der Waals surface area contributed by atoms with Crippen LogP contribution in [0.15, 0.2) is 48.5 Å². The number of anilines is 1. The molecule has 4 N–H and O–H groups in total. The normalized spacial score (nSPS) is 9.85. The molecule has 0 heterocycles. The number of halogens is 1. The fourth-order valence-electron chi connectivity index (χ4n) is 2.26. The van der Waals surface area contributed by atoms with Crippen LogP contribution in [-0.4, -0.2) is 25.0 Å². The Balaban J connectivity index is 0.00000364. The number of benzene rings is 2. The van der Waals surface area contributed by atoms with E-state index < -0.39 is 0 Å². The molecule has 27 heavy (non-hydrogen) atoms. The van der Waals surface area contributed by atoms with E-state index in [1.807, 2.05) is 55.5 Å². The maximum absolute atomic E-state index is 12.0.